The van der Waals surface area contributed by atoms with Gasteiger partial charge in [-0.1, -0.05) is 17.8 Å². The van der Waals surface area contributed by atoms with Gasteiger partial charge in [-0.05, 0) is 26.0 Å². The third kappa shape index (κ3) is 2.72. The molecule has 2 atom stereocenters. The standard InChI is InChI=1S/C11H15N3S/c1-8-7-15-11(13-8)14-9(2)10-5-3-4-6-12-10/h3-6,8-9H,7H2,1-2H3,(H,13,14). The molecule has 0 saturated heterocycles. The minimum absolute atomic E-state index is 0.225. The molecule has 4 heteroatoms. The first kappa shape index (κ1) is 10.5. The lowest BCUT2D eigenvalue weighted by atomic mass is 10.2. The number of amidine groups is 1. The van der Waals surface area contributed by atoms with E-state index in [9.17, 15) is 0 Å². The second-order valence-corrected chi connectivity index (χ2v) is 4.72. The van der Waals surface area contributed by atoms with Crippen LogP contribution in [0.2, 0.25) is 0 Å². The van der Waals surface area contributed by atoms with Gasteiger partial charge in [0.15, 0.2) is 5.17 Å². The zero-order valence-electron chi connectivity index (χ0n) is 8.97. The fourth-order valence-corrected chi connectivity index (χ4v) is 2.43. The van der Waals surface area contributed by atoms with Crippen LogP contribution in [-0.2, 0) is 0 Å². The molecule has 0 fully saturated rings. The molecule has 80 valence electrons. The number of aliphatic imine (C=N–C) groups is 1. The second-order valence-electron chi connectivity index (χ2n) is 3.71. The van der Waals surface area contributed by atoms with Crippen LogP contribution < -0.4 is 5.32 Å². The molecule has 1 aliphatic rings. The highest BCUT2D eigenvalue weighted by atomic mass is 32.2. The van der Waals surface area contributed by atoms with E-state index in [0.29, 0.717) is 6.04 Å². The normalized spacial score (nSPS) is 22.3. The van der Waals surface area contributed by atoms with Gasteiger partial charge in [0.05, 0.1) is 17.8 Å². The predicted molar refractivity (Wildman–Crippen MR) is 65.1 cm³/mol. The minimum atomic E-state index is 0.225. The molecule has 1 aromatic rings. The summed E-state index contributed by atoms with van der Waals surface area (Å²) >= 11 is 1.78. The Labute approximate surface area is 94.4 Å². The average Bonchev–Trinajstić information content (AvgIpc) is 2.65. The Kier molecular flexibility index (Phi) is 3.26. The summed E-state index contributed by atoms with van der Waals surface area (Å²) in [5.74, 6) is 1.08. The van der Waals surface area contributed by atoms with Crippen LogP contribution in [0, 0.1) is 0 Å². The molecule has 2 rings (SSSR count). The maximum Gasteiger partial charge on any atom is 0.157 e. The van der Waals surface area contributed by atoms with Gasteiger partial charge in [-0.2, -0.15) is 0 Å². The van der Waals surface area contributed by atoms with Gasteiger partial charge in [-0.15, -0.1) is 0 Å². The third-order valence-corrected chi connectivity index (χ3v) is 3.42. The molecular formula is C11H15N3S. The fourth-order valence-electron chi connectivity index (χ4n) is 1.44. The summed E-state index contributed by atoms with van der Waals surface area (Å²) in [5.41, 5.74) is 1.06. The summed E-state index contributed by atoms with van der Waals surface area (Å²) in [7, 11) is 0. The van der Waals surface area contributed by atoms with E-state index in [1.165, 1.54) is 0 Å². The van der Waals surface area contributed by atoms with Crippen LogP contribution in [0.1, 0.15) is 25.6 Å². The molecule has 1 aliphatic heterocycles. The lowest BCUT2D eigenvalue weighted by Gasteiger charge is -2.13. The minimum Gasteiger partial charge on any atom is -0.357 e. The molecule has 0 aromatic carbocycles. The van der Waals surface area contributed by atoms with Crippen LogP contribution in [0.25, 0.3) is 0 Å². The van der Waals surface area contributed by atoms with E-state index in [1.807, 2.05) is 24.4 Å². The molecule has 1 N–H and O–H groups in total. The largest absolute Gasteiger partial charge is 0.357 e. The van der Waals surface area contributed by atoms with Crippen molar-refractivity contribution in [1.29, 1.82) is 0 Å². The van der Waals surface area contributed by atoms with E-state index in [2.05, 4.69) is 29.1 Å². The lowest BCUT2D eigenvalue weighted by molar-refractivity contribution is 0.694. The number of hydrogen-bond acceptors (Lipinski definition) is 4. The lowest BCUT2D eigenvalue weighted by Crippen LogP contribution is -2.23. The summed E-state index contributed by atoms with van der Waals surface area (Å²) in [4.78, 5) is 8.81. The van der Waals surface area contributed by atoms with Crippen molar-refractivity contribution in [3.63, 3.8) is 0 Å². The van der Waals surface area contributed by atoms with Gasteiger partial charge in [0.2, 0.25) is 0 Å². The summed E-state index contributed by atoms with van der Waals surface area (Å²) in [6.07, 6.45) is 1.82. The van der Waals surface area contributed by atoms with Gasteiger partial charge in [0, 0.05) is 11.9 Å². The highest BCUT2D eigenvalue weighted by Gasteiger charge is 2.16. The molecule has 3 nitrogen and oxygen atoms in total. The number of hydrogen-bond donors (Lipinski definition) is 1. The first-order valence-corrected chi connectivity index (χ1v) is 6.12. The Hall–Kier alpha value is -1.03. The van der Waals surface area contributed by atoms with E-state index in [-0.39, 0.29) is 6.04 Å². The Balaban J connectivity index is 1.98. The van der Waals surface area contributed by atoms with Crippen LogP contribution in [0.15, 0.2) is 29.4 Å². The summed E-state index contributed by atoms with van der Waals surface area (Å²) < 4.78 is 0. The predicted octanol–water partition coefficient (Wildman–Crippen LogP) is 2.22. The Bertz CT molecular complexity index is 350. The molecule has 0 bridgehead atoms. The van der Waals surface area contributed by atoms with Gasteiger partial charge >= 0.3 is 0 Å². The van der Waals surface area contributed by atoms with E-state index < -0.39 is 0 Å². The summed E-state index contributed by atoms with van der Waals surface area (Å²) in [6, 6.07) is 6.63. The smallest absolute Gasteiger partial charge is 0.157 e. The first-order chi connectivity index (χ1) is 7.25. The second kappa shape index (κ2) is 4.66. The number of nitrogens with one attached hydrogen (secondary N) is 1. The zero-order chi connectivity index (χ0) is 10.7. The topological polar surface area (TPSA) is 37.3 Å². The third-order valence-electron chi connectivity index (χ3n) is 2.27. The Morgan fingerprint density at radius 2 is 2.40 bits per heavy atom. The number of pyridine rings is 1. The van der Waals surface area contributed by atoms with Gasteiger partial charge in [-0.25, -0.2) is 0 Å². The molecule has 15 heavy (non-hydrogen) atoms. The highest BCUT2D eigenvalue weighted by Crippen LogP contribution is 2.18. The number of nitrogens with zero attached hydrogens (tertiary/aromatic N) is 2. The van der Waals surface area contributed by atoms with Crippen LogP contribution in [0.4, 0.5) is 0 Å². The molecular weight excluding hydrogens is 206 g/mol. The number of thioether (sulfide) groups is 1. The van der Waals surface area contributed by atoms with E-state index in [4.69, 9.17) is 0 Å². The van der Waals surface area contributed by atoms with Crippen molar-refractivity contribution in [2.24, 2.45) is 4.99 Å². The maximum atomic E-state index is 4.49. The molecule has 2 unspecified atom stereocenters. The number of rotatable bonds is 2. The summed E-state index contributed by atoms with van der Waals surface area (Å²) in [6.45, 7) is 4.24. The Morgan fingerprint density at radius 1 is 1.53 bits per heavy atom. The van der Waals surface area contributed by atoms with Crippen molar-refractivity contribution in [3.8, 4) is 0 Å². The molecule has 2 heterocycles. The van der Waals surface area contributed by atoms with E-state index >= 15 is 0 Å². The molecule has 1 aromatic heterocycles. The van der Waals surface area contributed by atoms with Gasteiger partial charge < -0.3 is 5.32 Å². The van der Waals surface area contributed by atoms with Gasteiger partial charge in [0.25, 0.3) is 0 Å². The zero-order valence-corrected chi connectivity index (χ0v) is 9.79. The maximum absolute atomic E-state index is 4.49. The van der Waals surface area contributed by atoms with Crippen molar-refractivity contribution in [1.82, 2.24) is 10.3 Å². The molecule has 0 radical (unpaired) electrons. The number of aromatic nitrogens is 1. The van der Waals surface area contributed by atoms with Crippen molar-refractivity contribution in [3.05, 3.63) is 30.1 Å². The fraction of sp³-hybridized carbons (Fsp3) is 0.455. The monoisotopic (exact) mass is 221 g/mol. The SMILES string of the molecule is CC1CSC(NC(C)c2ccccn2)=N1. The van der Waals surface area contributed by atoms with Crippen molar-refractivity contribution < 1.29 is 0 Å². The van der Waals surface area contributed by atoms with Crippen LogP contribution in [-0.4, -0.2) is 21.9 Å². The van der Waals surface area contributed by atoms with Gasteiger partial charge in [-0.3, -0.25) is 9.98 Å². The molecule has 0 amide bonds. The van der Waals surface area contributed by atoms with Crippen molar-refractivity contribution >= 4 is 16.9 Å². The van der Waals surface area contributed by atoms with Crippen LogP contribution in [0.3, 0.4) is 0 Å². The molecule has 0 aliphatic carbocycles. The average molecular weight is 221 g/mol. The van der Waals surface area contributed by atoms with E-state index in [0.717, 1.165) is 16.6 Å². The highest BCUT2D eigenvalue weighted by molar-refractivity contribution is 8.14. The van der Waals surface area contributed by atoms with Crippen LogP contribution >= 0.6 is 11.8 Å². The van der Waals surface area contributed by atoms with E-state index in [1.54, 1.807) is 11.8 Å². The van der Waals surface area contributed by atoms with Gasteiger partial charge in [0.1, 0.15) is 0 Å². The Morgan fingerprint density at radius 3 is 3.00 bits per heavy atom. The first-order valence-electron chi connectivity index (χ1n) is 5.14. The molecule has 0 saturated carbocycles. The van der Waals surface area contributed by atoms with Crippen molar-refractivity contribution in [2.45, 2.75) is 25.9 Å². The summed E-state index contributed by atoms with van der Waals surface area (Å²) in [5, 5.41) is 4.42. The quantitative estimate of drug-likeness (QED) is 0.832. The van der Waals surface area contributed by atoms with Crippen LogP contribution in [0.5, 0.6) is 0 Å². The molecule has 0 spiro atoms. The van der Waals surface area contributed by atoms with Crippen molar-refractivity contribution in [2.75, 3.05) is 5.75 Å².